The Hall–Kier alpha value is -3.09. The van der Waals surface area contributed by atoms with Gasteiger partial charge in [0.2, 0.25) is 0 Å². The topological polar surface area (TPSA) is 67.9 Å². The van der Waals surface area contributed by atoms with E-state index in [1.165, 1.54) is 17.0 Å². The van der Waals surface area contributed by atoms with Crippen LogP contribution in [0.2, 0.25) is 0 Å². The molecule has 0 bridgehead atoms. The second kappa shape index (κ2) is 7.21. The summed E-state index contributed by atoms with van der Waals surface area (Å²) in [5, 5.41) is 2.69. The van der Waals surface area contributed by atoms with E-state index in [4.69, 9.17) is 9.47 Å². The third-order valence-corrected chi connectivity index (χ3v) is 3.80. The van der Waals surface area contributed by atoms with E-state index in [2.05, 4.69) is 5.32 Å². The van der Waals surface area contributed by atoms with E-state index in [1.54, 1.807) is 37.4 Å². The van der Waals surface area contributed by atoms with Gasteiger partial charge in [0.1, 0.15) is 5.75 Å². The molecule has 1 N–H and O–H groups in total. The predicted molar refractivity (Wildman–Crippen MR) is 89.1 cm³/mol. The van der Waals surface area contributed by atoms with Gasteiger partial charge in [0.05, 0.1) is 5.69 Å². The lowest BCUT2D eigenvalue weighted by atomic mass is 10.1. The maximum atomic E-state index is 13.4. The molecule has 7 heteroatoms. The quantitative estimate of drug-likeness (QED) is 0.899. The smallest absolute Gasteiger partial charge is 0.264 e. The van der Waals surface area contributed by atoms with Crippen molar-refractivity contribution in [3.63, 3.8) is 0 Å². The number of halogens is 1. The Morgan fingerprint density at radius 3 is 2.92 bits per heavy atom. The van der Waals surface area contributed by atoms with Gasteiger partial charge in [0.25, 0.3) is 11.8 Å². The molecule has 0 aromatic heterocycles. The Labute approximate surface area is 144 Å². The van der Waals surface area contributed by atoms with Crippen LogP contribution in [0.4, 0.5) is 10.1 Å². The number of nitrogens with one attached hydrogen (secondary N) is 1. The van der Waals surface area contributed by atoms with Crippen molar-refractivity contribution in [1.82, 2.24) is 5.32 Å². The Morgan fingerprint density at radius 1 is 1.32 bits per heavy atom. The minimum absolute atomic E-state index is 0.0208. The summed E-state index contributed by atoms with van der Waals surface area (Å²) >= 11 is 0. The number of nitrogens with zero attached hydrogens (tertiary/aromatic N) is 1. The lowest BCUT2D eigenvalue weighted by Crippen LogP contribution is -2.35. The zero-order valence-corrected chi connectivity index (χ0v) is 13.6. The molecule has 1 aliphatic heterocycles. The van der Waals surface area contributed by atoms with Crippen molar-refractivity contribution in [2.75, 3.05) is 25.2 Å². The molecule has 0 aliphatic carbocycles. The molecule has 130 valence electrons. The van der Waals surface area contributed by atoms with Crippen LogP contribution in [-0.2, 0) is 16.1 Å². The lowest BCUT2D eigenvalue weighted by molar-refractivity contribution is -0.123. The van der Waals surface area contributed by atoms with E-state index in [9.17, 15) is 14.0 Å². The molecule has 2 aromatic carbocycles. The van der Waals surface area contributed by atoms with Crippen LogP contribution in [0.15, 0.2) is 42.5 Å². The van der Waals surface area contributed by atoms with Gasteiger partial charge in [-0.1, -0.05) is 18.2 Å². The van der Waals surface area contributed by atoms with Crippen molar-refractivity contribution in [1.29, 1.82) is 0 Å². The number of hydrogen-bond donors (Lipinski definition) is 1. The summed E-state index contributed by atoms with van der Waals surface area (Å²) in [5.41, 5.74) is 1.47. The van der Waals surface area contributed by atoms with Gasteiger partial charge in [-0.2, -0.15) is 0 Å². The molecule has 0 atom stereocenters. The van der Waals surface area contributed by atoms with Crippen molar-refractivity contribution in [3.8, 4) is 11.5 Å². The minimum Gasteiger partial charge on any atom is -0.482 e. The van der Waals surface area contributed by atoms with Crippen LogP contribution < -0.4 is 19.7 Å². The highest BCUT2D eigenvalue weighted by molar-refractivity contribution is 5.97. The zero-order valence-electron chi connectivity index (χ0n) is 13.6. The molecular weight excluding hydrogens is 327 g/mol. The number of anilines is 1. The largest absolute Gasteiger partial charge is 0.482 e. The summed E-state index contributed by atoms with van der Waals surface area (Å²) in [7, 11) is 1.67. The van der Waals surface area contributed by atoms with Crippen LogP contribution in [-0.4, -0.2) is 32.1 Å². The van der Waals surface area contributed by atoms with Crippen LogP contribution in [0.1, 0.15) is 5.56 Å². The molecule has 1 aliphatic rings. The number of rotatable bonds is 5. The highest BCUT2D eigenvalue weighted by Crippen LogP contribution is 2.31. The Balaban J connectivity index is 1.56. The molecule has 25 heavy (non-hydrogen) atoms. The monoisotopic (exact) mass is 344 g/mol. The molecule has 0 unspecified atom stereocenters. The number of hydrogen-bond acceptors (Lipinski definition) is 4. The van der Waals surface area contributed by atoms with Gasteiger partial charge in [0.15, 0.2) is 24.8 Å². The highest BCUT2D eigenvalue weighted by Gasteiger charge is 2.22. The summed E-state index contributed by atoms with van der Waals surface area (Å²) in [4.78, 5) is 25.0. The van der Waals surface area contributed by atoms with Crippen LogP contribution in [0.25, 0.3) is 0 Å². The first kappa shape index (κ1) is 16.8. The van der Waals surface area contributed by atoms with E-state index in [0.717, 1.165) is 5.56 Å². The van der Waals surface area contributed by atoms with Gasteiger partial charge in [0, 0.05) is 13.6 Å². The van der Waals surface area contributed by atoms with Gasteiger partial charge in [-0.3, -0.25) is 9.59 Å². The molecular formula is C18H17FN2O4. The number of fused-ring (bicyclic) bond motifs is 1. The van der Waals surface area contributed by atoms with E-state index >= 15 is 0 Å². The van der Waals surface area contributed by atoms with Gasteiger partial charge in [-0.15, -0.1) is 0 Å². The predicted octanol–water partition coefficient (Wildman–Crippen LogP) is 1.88. The molecule has 2 aromatic rings. The maximum absolute atomic E-state index is 13.4. The average Bonchev–Trinajstić information content (AvgIpc) is 2.62. The Bertz CT molecular complexity index is 809. The summed E-state index contributed by atoms with van der Waals surface area (Å²) in [6.07, 6.45) is 0. The fourth-order valence-corrected chi connectivity index (χ4v) is 2.38. The van der Waals surface area contributed by atoms with E-state index < -0.39 is 5.82 Å². The second-order valence-electron chi connectivity index (χ2n) is 5.54. The van der Waals surface area contributed by atoms with Crippen molar-refractivity contribution < 1.29 is 23.5 Å². The molecule has 3 rings (SSSR count). The van der Waals surface area contributed by atoms with Crippen molar-refractivity contribution in [2.45, 2.75) is 6.54 Å². The number of para-hydroxylation sites is 1. The molecule has 1 heterocycles. The number of ether oxygens (including phenoxy) is 2. The summed E-state index contributed by atoms with van der Waals surface area (Å²) < 4.78 is 23.9. The van der Waals surface area contributed by atoms with Crippen molar-refractivity contribution in [2.24, 2.45) is 0 Å². The third-order valence-electron chi connectivity index (χ3n) is 3.80. The SMILES string of the molecule is CN1C(=O)COc2ccc(CNC(=O)COc3ccccc3F)cc21. The summed E-state index contributed by atoms with van der Waals surface area (Å²) in [6, 6.07) is 11.2. The third kappa shape index (κ3) is 3.88. The number of likely N-dealkylation sites (N-methyl/N-ethyl adjacent to an activating group) is 1. The number of carbonyl (C=O) groups excluding carboxylic acids is 2. The number of amides is 2. The van der Waals surface area contributed by atoms with Gasteiger partial charge in [-0.05, 0) is 29.8 Å². The highest BCUT2D eigenvalue weighted by atomic mass is 19.1. The van der Waals surface area contributed by atoms with E-state index in [-0.39, 0.29) is 37.3 Å². The standard InChI is InChI=1S/C18H17FN2O4/c1-21-14-8-12(6-7-16(14)25-11-18(21)23)9-20-17(22)10-24-15-5-3-2-4-13(15)19/h2-8H,9-11H2,1H3,(H,20,22). The van der Waals surface area contributed by atoms with Gasteiger partial charge in [-0.25, -0.2) is 4.39 Å². The van der Waals surface area contributed by atoms with Crippen molar-refractivity contribution in [3.05, 3.63) is 53.8 Å². The number of benzene rings is 2. The summed E-state index contributed by atoms with van der Waals surface area (Å²) in [6.45, 7) is -0.00484. The second-order valence-corrected chi connectivity index (χ2v) is 5.54. The zero-order chi connectivity index (χ0) is 17.8. The lowest BCUT2D eigenvalue weighted by Gasteiger charge is -2.26. The first-order valence-corrected chi connectivity index (χ1v) is 7.71. The minimum atomic E-state index is -0.516. The van der Waals surface area contributed by atoms with Gasteiger partial charge >= 0.3 is 0 Å². The van der Waals surface area contributed by atoms with Crippen LogP contribution >= 0.6 is 0 Å². The van der Waals surface area contributed by atoms with Gasteiger partial charge < -0.3 is 19.7 Å². The Morgan fingerprint density at radius 2 is 2.12 bits per heavy atom. The fraction of sp³-hybridized carbons (Fsp3) is 0.222. The number of carbonyl (C=O) groups is 2. The van der Waals surface area contributed by atoms with E-state index in [0.29, 0.717) is 11.4 Å². The molecule has 0 fully saturated rings. The average molecular weight is 344 g/mol. The molecule has 6 nitrogen and oxygen atoms in total. The first-order chi connectivity index (χ1) is 12.0. The molecule has 2 amide bonds. The molecule has 0 spiro atoms. The first-order valence-electron chi connectivity index (χ1n) is 7.71. The van der Waals surface area contributed by atoms with Crippen LogP contribution in [0.3, 0.4) is 0 Å². The van der Waals surface area contributed by atoms with Crippen molar-refractivity contribution >= 4 is 17.5 Å². The van der Waals surface area contributed by atoms with Crippen LogP contribution in [0, 0.1) is 5.82 Å². The normalized spacial score (nSPS) is 13.0. The summed E-state index contributed by atoms with van der Waals surface area (Å²) in [5.74, 6) is -0.366. The van der Waals surface area contributed by atoms with E-state index in [1.807, 2.05) is 0 Å². The maximum Gasteiger partial charge on any atom is 0.264 e. The van der Waals surface area contributed by atoms with Crippen LogP contribution in [0.5, 0.6) is 11.5 Å². The Kier molecular flexibility index (Phi) is 4.83. The fourth-order valence-electron chi connectivity index (χ4n) is 2.38. The molecule has 0 saturated carbocycles. The molecule has 0 saturated heterocycles. The molecule has 0 radical (unpaired) electrons.